The lowest BCUT2D eigenvalue weighted by molar-refractivity contribution is -0.148. The van der Waals surface area contributed by atoms with E-state index in [1.165, 1.54) is 28.5 Å². The molecule has 37 heavy (non-hydrogen) atoms. The maximum absolute atomic E-state index is 13.2. The zero-order chi connectivity index (χ0) is 27.6. The number of allylic oxidation sites excluding steroid dienone is 1. The maximum atomic E-state index is 13.2. The fourth-order valence-electron chi connectivity index (χ4n) is 3.40. The highest BCUT2D eigenvalue weighted by Gasteiger charge is 2.33. The molecule has 12 nitrogen and oxygen atoms in total. The zero-order valence-corrected chi connectivity index (χ0v) is 23.4. The third kappa shape index (κ3) is 10.6. The predicted octanol–water partition coefficient (Wildman–Crippen LogP) is -0.695. The lowest BCUT2D eigenvalue weighted by atomic mass is 10.0. The molecular formula is C22H34N4O8S3. The second-order valence-electron chi connectivity index (χ2n) is 8.88. The fraction of sp³-hybridized carbons (Fsp3) is 0.682. The van der Waals surface area contributed by atoms with E-state index in [1.807, 2.05) is 0 Å². The highest BCUT2D eigenvalue weighted by Crippen LogP contribution is 2.23. The number of hydrogen-bond acceptors (Lipinski definition) is 10. The normalized spacial score (nSPS) is 28.3. The van der Waals surface area contributed by atoms with E-state index in [2.05, 4.69) is 21.3 Å². The topological polar surface area (TPSA) is 177 Å². The van der Waals surface area contributed by atoms with Crippen LogP contribution in [0.2, 0.25) is 0 Å². The van der Waals surface area contributed by atoms with Crippen molar-refractivity contribution >= 4 is 61.0 Å². The van der Waals surface area contributed by atoms with Gasteiger partial charge in [-0.1, -0.05) is 48.4 Å². The average molecular weight is 579 g/mol. The quantitative estimate of drug-likeness (QED) is 0.190. The average Bonchev–Trinajstić information content (AvgIpc) is 2.82. The van der Waals surface area contributed by atoms with Crippen molar-refractivity contribution in [3.8, 4) is 0 Å². The van der Waals surface area contributed by atoms with Crippen LogP contribution in [0.3, 0.4) is 0 Å². The van der Waals surface area contributed by atoms with Gasteiger partial charge in [0.15, 0.2) is 9.84 Å². The van der Waals surface area contributed by atoms with Gasteiger partial charge in [0.25, 0.3) is 0 Å². The Bertz CT molecular complexity index is 1000. The summed E-state index contributed by atoms with van der Waals surface area (Å²) in [6.45, 7) is 4.36. The molecule has 0 spiro atoms. The van der Waals surface area contributed by atoms with Crippen LogP contribution in [0.5, 0.6) is 0 Å². The highest BCUT2D eigenvalue weighted by molar-refractivity contribution is 8.76. The molecule has 0 aromatic carbocycles. The first-order valence-electron chi connectivity index (χ1n) is 11.9. The minimum Gasteiger partial charge on any atom is -0.456 e. The summed E-state index contributed by atoms with van der Waals surface area (Å²) in [6.07, 6.45) is 2.51. The first-order chi connectivity index (χ1) is 17.4. The highest BCUT2D eigenvalue weighted by atomic mass is 33.1. The summed E-state index contributed by atoms with van der Waals surface area (Å²) in [7, 11) is -0.923. The number of fused-ring (bicyclic) bond motifs is 7. The molecule has 1 fully saturated rings. The Hall–Kier alpha value is -2.26. The number of sulfone groups is 1. The molecule has 4 N–H and O–H groups in total. The van der Waals surface area contributed by atoms with Crippen LogP contribution < -0.4 is 21.3 Å². The second-order valence-corrected chi connectivity index (χ2v) is 13.9. The third-order valence-electron chi connectivity index (χ3n) is 5.50. The molecule has 2 bridgehead atoms. The Morgan fingerprint density at radius 1 is 1.03 bits per heavy atom. The lowest BCUT2D eigenvalue weighted by Crippen LogP contribution is -2.59. The largest absolute Gasteiger partial charge is 0.456 e. The summed E-state index contributed by atoms with van der Waals surface area (Å²) in [4.78, 5) is 64.3. The van der Waals surface area contributed by atoms with Gasteiger partial charge in [-0.05, 0) is 18.4 Å². The number of carbonyl (C=O) groups excluding carboxylic acids is 5. The molecule has 4 amide bonds. The van der Waals surface area contributed by atoms with Crippen LogP contribution in [0.25, 0.3) is 0 Å². The summed E-state index contributed by atoms with van der Waals surface area (Å²) in [6, 6.07) is -3.60. The minimum absolute atomic E-state index is 0.129. The van der Waals surface area contributed by atoms with Gasteiger partial charge in [-0.15, -0.1) is 0 Å². The predicted molar refractivity (Wildman–Crippen MR) is 141 cm³/mol. The molecule has 15 heteroatoms. The van der Waals surface area contributed by atoms with Crippen LogP contribution in [0, 0.1) is 5.92 Å². The van der Waals surface area contributed by atoms with Crippen LogP contribution in [0.15, 0.2) is 12.2 Å². The van der Waals surface area contributed by atoms with Gasteiger partial charge in [-0.2, -0.15) is 0 Å². The molecule has 2 aliphatic rings. The number of nitrogens with one attached hydrogen (secondary N) is 4. The Balaban J connectivity index is 2.51. The molecule has 0 aliphatic carbocycles. The monoisotopic (exact) mass is 578 g/mol. The van der Waals surface area contributed by atoms with Crippen LogP contribution in [0.4, 0.5) is 0 Å². The van der Waals surface area contributed by atoms with Crippen LogP contribution in [0.1, 0.15) is 33.6 Å². The van der Waals surface area contributed by atoms with Crippen LogP contribution in [-0.2, 0) is 38.5 Å². The Labute approximate surface area is 224 Å². The van der Waals surface area contributed by atoms with Gasteiger partial charge in [0.2, 0.25) is 23.6 Å². The van der Waals surface area contributed by atoms with E-state index in [-0.39, 0.29) is 23.8 Å². The van der Waals surface area contributed by atoms with Crippen molar-refractivity contribution in [1.29, 1.82) is 0 Å². The smallest absolute Gasteiger partial charge is 0.326 e. The SMILES string of the molecule is CCS(=O)(=O)C[C@@H]1NC(=O)C[C@H]2/C=C/CCSSC[C@@H](NC1=O)C(=O)N[C@H](C(C)C)C(=O)NCC(=O)O2. The van der Waals surface area contributed by atoms with E-state index in [9.17, 15) is 32.4 Å². The van der Waals surface area contributed by atoms with Gasteiger partial charge in [-0.25, -0.2) is 8.42 Å². The molecule has 4 atom stereocenters. The van der Waals surface area contributed by atoms with E-state index in [1.54, 1.807) is 26.0 Å². The molecule has 0 unspecified atom stereocenters. The van der Waals surface area contributed by atoms with E-state index in [4.69, 9.17) is 4.74 Å². The molecule has 2 heterocycles. The van der Waals surface area contributed by atoms with Crippen molar-refractivity contribution in [2.45, 2.75) is 57.8 Å². The molecular weight excluding hydrogens is 544 g/mol. The van der Waals surface area contributed by atoms with Crippen molar-refractivity contribution < 1.29 is 37.1 Å². The van der Waals surface area contributed by atoms with Gasteiger partial charge < -0.3 is 26.0 Å². The molecule has 208 valence electrons. The summed E-state index contributed by atoms with van der Waals surface area (Å²) < 4.78 is 30.0. The number of esters is 1. The van der Waals surface area contributed by atoms with Gasteiger partial charge >= 0.3 is 5.97 Å². The van der Waals surface area contributed by atoms with Crippen molar-refractivity contribution in [2.75, 3.05) is 29.6 Å². The number of ether oxygens (including phenoxy) is 1. The Morgan fingerprint density at radius 3 is 2.43 bits per heavy atom. The molecule has 1 saturated heterocycles. The third-order valence-corrected chi connectivity index (χ3v) is 9.67. The summed E-state index contributed by atoms with van der Waals surface area (Å²) in [5.74, 6) is -4.14. The van der Waals surface area contributed by atoms with E-state index in [0.717, 1.165) is 0 Å². The first-order valence-corrected chi connectivity index (χ1v) is 16.2. The number of amides is 4. The molecule has 2 aliphatic heterocycles. The van der Waals surface area contributed by atoms with Crippen molar-refractivity contribution in [3.63, 3.8) is 0 Å². The van der Waals surface area contributed by atoms with Crippen LogP contribution in [-0.4, -0.2) is 91.8 Å². The number of hydrogen-bond donors (Lipinski definition) is 4. The van der Waals surface area contributed by atoms with Gasteiger partial charge in [0.1, 0.15) is 30.8 Å². The van der Waals surface area contributed by atoms with Crippen molar-refractivity contribution in [3.05, 3.63) is 12.2 Å². The Kier molecular flexibility index (Phi) is 12.2. The first kappa shape index (κ1) is 31.0. The zero-order valence-electron chi connectivity index (χ0n) is 21.0. The molecule has 0 radical (unpaired) electrons. The lowest BCUT2D eigenvalue weighted by Gasteiger charge is -2.27. The molecule has 0 aromatic rings. The number of rotatable bonds is 4. The van der Waals surface area contributed by atoms with E-state index in [0.29, 0.717) is 12.2 Å². The van der Waals surface area contributed by atoms with E-state index >= 15 is 0 Å². The van der Waals surface area contributed by atoms with E-state index < -0.39 is 76.0 Å². The second kappa shape index (κ2) is 14.6. The molecule has 2 rings (SSSR count). The van der Waals surface area contributed by atoms with Gasteiger partial charge in [-0.3, -0.25) is 24.0 Å². The fourth-order valence-corrected chi connectivity index (χ4v) is 6.54. The summed E-state index contributed by atoms with van der Waals surface area (Å²) >= 11 is 0. The van der Waals surface area contributed by atoms with Crippen molar-refractivity contribution in [2.24, 2.45) is 5.92 Å². The summed E-state index contributed by atoms with van der Waals surface area (Å²) in [5.41, 5.74) is 0. The van der Waals surface area contributed by atoms with Gasteiger partial charge in [0, 0.05) is 17.3 Å². The molecule has 0 aromatic heterocycles. The standard InChI is InChI=1S/C22H34N4O8S3/c1-4-37(32,33)12-16-21(30)25-15-11-36-35-8-6-5-7-14(9-17(27)24-16)34-18(28)10-23-22(31)19(13(2)3)26-20(15)29/h5,7,13-16,19H,4,6,8-12H2,1-3H3,(H,23,31)(H,24,27)(H,25,30)(H,26,29)/b7-5+/t14-,15-,16+,19-/m1/s1. The number of carbonyl (C=O) groups is 5. The summed E-state index contributed by atoms with van der Waals surface area (Å²) in [5, 5.41) is 10.0. The van der Waals surface area contributed by atoms with Crippen LogP contribution >= 0.6 is 21.6 Å². The molecule has 0 saturated carbocycles. The maximum Gasteiger partial charge on any atom is 0.326 e. The van der Waals surface area contributed by atoms with Crippen molar-refractivity contribution in [1.82, 2.24) is 21.3 Å². The van der Waals surface area contributed by atoms with Gasteiger partial charge in [0.05, 0.1) is 12.2 Å². The Morgan fingerprint density at radius 2 is 1.76 bits per heavy atom. The minimum atomic E-state index is -3.70.